The first-order valence-corrected chi connectivity index (χ1v) is 11.6. The van der Waals surface area contributed by atoms with Crippen LogP contribution in [0.15, 0.2) is 24.5 Å². The van der Waals surface area contributed by atoms with Crippen molar-refractivity contribution >= 4 is 46.2 Å². The Kier molecular flexibility index (Phi) is 5.79. The summed E-state index contributed by atoms with van der Waals surface area (Å²) < 4.78 is 12.2. The van der Waals surface area contributed by atoms with E-state index in [-0.39, 0.29) is 17.8 Å². The van der Waals surface area contributed by atoms with Gasteiger partial charge in [-0.05, 0) is 43.1 Å². The summed E-state index contributed by atoms with van der Waals surface area (Å²) in [6.07, 6.45) is -0.515. The minimum atomic E-state index is -1.25. The Morgan fingerprint density at radius 3 is 2.85 bits per heavy atom. The lowest BCUT2D eigenvalue weighted by molar-refractivity contribution is -0.156. The zero-order valence-electron chi connectivity index (χ0n) is 18.4. The van der Waals surface area contributed by atoms with E-state index in [0.29, 0.717) is 40.7 Å². The molecule has 2 heterocycles. The molecule has 2 aromatic heterocycles. The molecule has 0 aliphatic heterocycles. The Bertz CT molecular complexity index is 1270. The van der Waals surface area contributed by atoms with Crippen molar-refractivity contribution in [1.82, 2.24) is 19.5 Å². The number of hydrogen-bond donors (Lipinski definition) is 3. The highest BCUT2D eigenvalue weighted by molar-refractivity contribution is 6.30. The summed E-state index contributed by atoms with van der Waals surface area (Å²) in [7, 11) is 1.57. The summed E-state index contributed by atoms with van der Waals surface area (Å²) in [6.45, 7) is 2.24. The number of halogens is 2. The predicted octanol–water partition coefficient (Wildman–Crippen LogP) is 2.60. The van der Waals surface area contributed by atoms with Crippen molar-refractivity contribution in [2.45, 2.75) is 38.1 Å². The molecule has 0 radical (unpaired) electrons. The van der Waals surface area contributed by atoms with Gasteiger partial charge in [0.05, 0.1) is 32.2 Å². The molecule has 12 heteroatoms. The van der Waals surface area contributed by atoms with E-state index in [1.54, 1.807) is 36.8 Å². The fourth-order valence-corrected chi connectivity index (χ4v) is 5.43. The van der Waals surface area contributed by atoms with E-state index < -0.39 is 29.6 Å². The third-order valence-electron chi connectivity index (χ3n) is 6.73. The maximum absolute atomic E-state index is 12.6. The van der Waals surface area contributed by atoms with Gasteiger partial charge in [0.25, 0.3) is 0 Å². The molecule has 5 rings (SSSR count). The summed E-state index contributed by atoms with van der Waals surface area (Å²) >= 11 is 12.3. The van der Waals surface area contributed by atoms with Gasteiger partial charge in [0, 0.05) is 23.0 Å². The Labute approximate surface area is 204 Å². The molecule has 0 spiro atoms. The number of hydrogen-bond acceptors (Lipinski definition) is 9. The minimum absolute atomic E-state index is 0.0182. The number of nitrogens with zero attached hydrogens (tertiary/aromatic N) is 4. The van der Waals surface area contributed by atoms with Crippen LogP contribution in [0.3, 0.4) is 0 Å². The lowest BCUT2D eigenvalue weighted by atomic mass is 9.99. The summed E-state index contributed by atoms with van der Waals surface area (Å²) in [6, 6.07) is 4.68. The molecule has 2 aliphatic rings. The Morgan fingerprint density at radius 2 is 2.12 bits per heavy atom. The topological polar surface area (TPSA) is 132 Å². The van der Waals surface area contributed by atoms with Crippen LogP contribution in [0.2, 0.25) is 10.3 Å². The molecule has 34 heavy (non-hydrogen) atoms. The zero-order valence-corrected chi connectivity index (χ0v) is 19.9. The number of imidazole rings is 1. The van der Waals surface area contributed by atoms with Gasteiger partial charge in [-0.2, -0.15) is 9.97 Å². The number of aliphatic hydroxyl groups is 2. The number of ether oxygens (including phenoxy) is 2. The first-order chi connectivity index (χ1) is 16.3. The predicted molar refractivity (Wildman–Crippen MR) is 124 cm³/mol. The fourth-order valence-electron chi connectivity index (χ4n) is 5.07. The van der Waals surface area contributed by atoms with E-state index in [9.17, 15) is 15.0 Å². The molecule has 0 unspecified atom stereocenters. The maximum atomic E-state index is 12.6. The second-order valence-electron chi connectivity index (χ2n) is 8.47. The second-order valence-corrected chi connectivity index (χ2v) is 9.25. The highest BCUT2D eigenvalue weighted by atomic mass is 35.5. The number of methoxy groups -OCH3 is 1. The van der Waals surface area contributed by atoms with Gasteiger partial charge in [0.1, 0.15) is 17.3 Å². The molecule has 3 aromatic rings. The average Bonchev–Trinajstić information content (AvgIpc) is 3.36. The van der Waals surface area contributed by atoms with Crippen molar-refractivity contribution in [3.8, 4) is 5.75 Å². The van der Waals surface area contributed by atoms with Gasteiger partial charge >= 0.3 is 5.97 Å². The van der Waals surface area contributed by atoms with Crippen LogP contribution in [-0.4, -0.2) is 61.6 Å². The number of aliphatic hydroxyl groups excluding tert-OH is 2. The molecule has 10 nitrogen and oxygen atoms in total. The van der Waals surface area contributed by atoms with E-state index >= 15 is 0 Å². The largest absolute Gasteiger partial charge is 0.496 e. The normalized spacial score (nSPS) is 27.5. The smallest absolute Gasteiger partial charge is 0.315 e. The van der Waals surface area contributed by atoms with Crippen LogP contribution >= 0.6 is 23.2 Å². The molecular formula is C22H23Cl2N5O5. The molecule has 2 aliphatic carbocycles. The highest BCUT2D eigenvalue weighted by Gasteiger charge is 2.76. The van der Waals surface area contributed by atoms with Gasteiger partial charge in [-0.25, -0.2) is 4.98 Å². The quantitative estimate of drug-likeness (QED) is 0.326. The van der Waals surface area contributed by atoms with Gasteiger partial charge in [-0.1, -0.05) is 11.6 Å². The lowest BCUT2D eigenvalue weighted by Gasteiger charge is -2.23. The molecule has 1 aromatic carbocycles. The number of rotatable bonds is 7. The van der Waals surface area contributed by atoms with Crippen molar-refractivity contribution < 1.29 is 24.5 Å². The van der Waals surface area contributed by atoms with Crippen molar-refractivity contribution in [3.63, 3.8) is 0 Å². The molecule has 0 bridgehead atoms. The van der Waals surface area contributed by atoms with Crippen LogP contribution in [0.1, 0.15) is 24.9 Å². The minimum Gasteiger partial charge on any atom is -0.496 e. The summed E-state index contributed by atoms with van der Waals surface area (Å²) in [5.74, 6) is 0.237. The molecule has 2 saturated carbocycles. The zero-order chi connectivity index (χ0) is 24.2. The molecule has 180 valence electrons. The van der Waals surface area contributed by atoms with Crippen LogP contribution in [-0.2, 0) is 16.1 Å². The van der Waals surface area contributed by atoms with Gasteiger partial charge in [0.15, 0.2) is 17.0 Å². The van der Waals surface area contributed by atoms with Crippen molar-refractivity contribution in [3.05, 3.63) is 40.4 Å². The van der Waals surface area contributed by atoms with E-state index in [1.165, 1.54) is 6.33 Å². The molecular weight excluding hydrogens is 485 g/mol. The first-order valence-electron chi connectivity index (χ1n) is 10.8. The van der Waals surface area contributed by atoms with Gasteiger partial charge in [-0.15, -0.1) is 0 Å². The fraction of sp³-hybridized carbons (Fsp3) is 0.455. The molecule has 0 amide bonds. The van der Waals surface area contributed by atoms with E-state index in [1.807, 2.05) is 0 Å². The molecule has 5 atom stereocenters. The number of anilines is 1. The highest BCUT2D eigenvalue weighted by Crippen LogP contribution is 2.68. The average molecular weight is 508 g/mol. The number of nitrogens with one attached hydrogen (secondary N) is 1. The summed E-state index contributed by atoms with van der Waals surface area (Å²) in [4.78, 5) is 25.6. The monoisotopic (exact) mass is 507 g/mol. The van der Waals surface area contributed by atoms with E-state index in [0.717, 1.165) is 5.56 Å². The Balaban J connectivity index is 1.47. The van der Waals surface area contributed by atoms with Crippen molar-refractivity contribution in [1.29, 1.82) is 0 Å². The van der Waals surface area contributed by atoms with Crippen LogP contribution in [0, 0.1) is 11.3 Å². The van der Waals surface area contributed by atoms with Crippen LogP contribution in [0.5, 0.6) is 5.75 Å². The summed E-state index contributed by atoms with van der Waals surface area (Å²) in [5.41, 5.74) is 0.506. The Hall–Kier alpha value is -2.66. The van der Waals surface area contributed by atoms with Crippen molar-refractivity contribution in [2.24, 2.45) is 11.3 Å². The van der Waals surface area contributed by atoms with E-state index in [2.05, 4.69) is 20.3 Å². The number of carbonyl (C=O) groups is 1. The van der Waals surface area contributed by atoms with Gasteiger partial charge in [0.2, 0.25) is 5.28 Å². The third-order valence-corrected chi connectivity index (χ3v) is 7.14. The molecule has 3 N–H and O–H groups in total. The van der Waals surface area contributed by atoms with Crippen LogP contribution in [0.4, 0.5) is 5.82 Å². The van der Waals surface area contributed by atoms with Gasteiger partial charge in [-0.3, -0.25) is 4.79 Å². The van der Waals surface area contributed by atoms with Crippen LogP contribution in [0.25, 0.3) is 11.2 Å². The second kappa shape index (κ2) is 8.53. The van der Waals surface area contributed by atoms with Crippen molar-refractivity contribution in [2.75, 3.05) is 19.0 Å². The molecule has 2 fully saturated rings. The van der Waals surface area contributed by atoms with Gasteiger partial charge < -0.3 is 29.6 Å². The lowest BCUT2D eigenvalue weighted by Crippen LogP contribution is -2.38. The molecule has 0 saturated heterocycles. The number of esters is 1. The Morgan fingerprint density at radius 1 is 1.32 bits per heavy atom. The first kappa shape index (κ1) is 23.1. The SMILES string of the molecule is CCOC(=O)[C@@]12C[C@@H]1[C@@H](n1cnc3c(NCc4cc(Cl)ccc4OC)nc(Cl)nc31)[C@H](O)[C@@H]2O. The number of fused-ring (bicyclic) bond motifs is 2. The standard InChI is InChI=1S/C22H23Cl2N5O5/c1-3-34-20(32)22-7-12(22)15(16(30)17(22)31)29-9-26-14-18(27-21(24)28-19(14)29)25-8-10-6-11(23)4-5-13(10)33-2/h4-6,9,12,15-17,30-31H,3,7-8H2,1-2H3,(H,25,27,28)/t12-,15-,16+,17+,22+/m1/s1. The number of benzene rings is 1. The maximum Gasteiger partial charge on any atom is 0.315 e. The number of carbonyl (C=O) groups excluding carboxylic acids is 1. The third kappa shape index (κ3) is 3.48. The van der Waals surface area contributed by atoms with E-state index in [4.69, 9.17) is 32.7 Å². The number of aromatic nitrogens is 4. The summed E-state index contributed by atoms with van der Waals surface area (Å²) in [5, 5.41) is 25.3. The van der Waals surface area contributed by atoms with Crippen LogP contribution < -0.4 is 10.1 Å².